The van der Waals surface area contributed by atoms with Crippen molar-refractivity contribution in [2.45, 2.75) is 51.2 Å². The number of carbonyl (C=O) groups excluding carboxylic acids is 1. The summed E-state index contributed by atoms with van der Waals surface area (Å²) in [4.78, 5) is 13.3. The minimum atomic E-state index is -0.688. The van der Waals surface area contributed by atoms with Crippen LogP contribution < -0.4 is 10.6 Å². The van der Waals surface area contributed by atoms with Crippen molar-refractivity contribution in [1.82, 2.24) is 25.0 Å². The van der Waals surface area contributed by atoms with E-state index >= 15 is 0 Å². The van der Waals surface area contributed by atoms with E-state index < -0.39 is 6.17 Å². The number of nitrogens with zero attached hydrogens (tertiary/aromatic N) is 3. The predicted octanol–water partition coefficient (Wildman–Crippen LogP) is 3.49. The van der Waals surface area contributed by atoms with E-state index in [1.807, 2.05) is 24.7 Å². The molecule has 2 fully saturated rings. The van der Waals surface area contributed by atoms with Crippen LogP contribution in [0.3, 0.4) is 0 Å². The molecule has 4 rings (SSSR count). The molecule has 2 aromatic heterocycles. The third-order valence-electron chi connectivity index (χ3n) is 6.94. The highest BCUT2D eigenvalue weighted by molar-refractivity contribution is 6.33. The average Bonchev–Trinajstić information content (AvgIpc) is 3.39. The maximum absolute atomic E-state index is 13.8. The van der Waals surface area contributed by atoms with Crippen molar-refractivity contribution in [3.05, 3.63) is 28.7 Å². The topological polar surface area (TPSA) is 63.9 Å². The lowest BCUT2D eigenvalue weighted by Gasteiger charge is -2.36. The van der Waals surface area contributed by atoms with Crippen molar-refractivity contribution in [2.75, 3.05) is 13.1 Å². The Hall–Kier alpha value is -1.86. The molecular weight excluding hydrogens is 405 g/mol. The lowest BCUT2D eigenvalue weighted by molar-refractivity contribution is 0.0880. The fourth-order valence-corrected chi connectivity index (χ4v) is 5.67. The van der Waals surface area contributed by atoms with Crippen molar-refractivity contribution < 1.29 is 9.18 Å². The fraction of sp³-hybridized carbons (Fsp3) is 0.636. The Morgan fingerprint density at radius 2 is 2.17 bits per heavy atom. The van der Waals surface area contributed by atoms with Crippen LogP contribution in [0.25, 0.3) is 11.3 Å². The highest BCUT2D eigenvalue weighted by atomic mass is 35.5. The molecule has 0 aromatic carbocycles. The molecule has 0 radical (unpaired) electrons. The van der Waals surface area contributed by atoms with Crippen LogP contribution in [0.1, 0.15) is 48.8 Å². The summed E-state index contributed by atoms with van der Waals surface area (Å²) in [5.41, 5.74) is 3.41. The summed E-state index contributed by atoms with van der Waals surface area (Å²) in [5, 5.41) is 11.5. The summed E-state index contributed by atoms with van der Waals surface area (Å²) in [6.45, 7) is 3.73. The first-order chi connectivity index (χ1) is 14.4. The Labute approximate surface area is 182 Å². The van der Waals surface area contributed by atoms with Gasteiger partial charge in [-0.2, -0.15) is 5.10 Å². The molecule has 1 amide bonds. The van der Waals surface area contributed by atoms with Gasteiger partial charge >= 0.3 is 0 Å². The van der Waals surface area contributed by atoms with Crippen LogP contribution in [0.15, 0.2) is 12.3 Å². The minimum Gasteiger partial charge on any atom is -0.346 e. The van der Waals surface area contributed by atoms with Gasteiger partial charge in [0.15, 0.2) is 0 Å². The zero-order valence-corrected chi connectivity index (χ0v) is 18.7. The Morgan fingerprint density at radius 3 is 2.80 bits per heavy atom. The summed E-state index contributed by atoms with van der Waals surface area (Å²) in [6, 6.07) is 1.93. The van der Waals surface area contributed by atoms with E-state index in [1.165, 1.54) is 0 Å². The second-order valence-electron chi connectivity index (χ2n) is 8.67. The van der Waals surface area contributed by atoms with Crippen LogP contribution in [-0.2, 0) is 20.5 Å². The van der Waals surface area contributed by atoms with Gasteiger partial charge < -0.3 is 15.2 Å². The summed E-state index contributed by atoms with van der Waals surface area (Å²) in [5.74, 6) is 0.592. The molecular formula is C22H31ClFN5O. The standard InChI is InChI=1S/C22H31ClFN5O/c1-4-19-16(21-17(23)11-26-29(21)3)10-20(28(19)2)22(30)27-18-12-25-8-7-15(18)13-5-6-14(24)9-13/h10-11,13-15,18,25H,4-9,12H2,1-3H3,(H,27,30)/t13?,14?,15?,18-/m0/s1. The van der Waals surface area contributed by atoms with Gasteiger partial charge in [0.1, 0.15) is 11.9 Å². The van der Waals surface area contributed by atoms with Gasteiger partial charge in [0.2, 0.25) is 0 Å². The first kappa shape index (κ1) is 21.4. The maximum atomic E-state index is 13.8. The van der Waals surface area contributed by atoms with E-state index in [2.05, 4.69) is 22.7 Å². The van der Waals surface area contributed by atoms with Gasteiger partial charge in [-0.15, -0.1) is 0 Å². The monoisotopic (exact) mass is 435 g/mol. The Kier molecular flexibility index (Phi) is 6.21. The predicted molar refractivity (Wildman–Crippen MR) is 116 cm³/mol. The van der Waals surface area contributed by atoms with E-state index in [0.29, 0.717) is 35.4 Å². The SMILES string of the molecule is CCc1c(-c2c(Cl)cnn2C)cc(C(=O)N[C@H]2CNCCC2C2CCC(F)C2)n1C. The average molecular weight is 436 g/mol. The smallest absolute Gasteiger partial charge is 0.268 e. The largest absolute Gasteiger partial charge is 0.346 e. The summed E-state index contributed by atoms with van der Waals surface area (Å²) in [7, 11) is 3.77. The van der Waals surface area contributed by atoms with E-state index in [4.69, 9.17) is 11.6 Å². The van der Waals surface area contributed by atoms with Gasteiger partial charge in [0.05, 0.1) is 16.9 Å². The van der Waals surface area contributed by atoms with E-state index in [0.717, 1.165) is 49.3 Å². The number of nitrogens with one attached hydrogen (secondary N) is 2. The van der Waals surface area contributed by atoms with Crippen molar-refractivity contribution >= 4 is 17.5 Å². The van der Waals surface area contributed by atoms with Crippen molar-refractivity contribution in [2.24, 2.45) is 25.9 Å². The fourth-order valence-electron chi connectivity index (χ4n) is 5.40. The molecule has 3 heterocycles. The number of aryl methyl sites for hydroxylation is 1. The maximum Gasteiger partial charge on any atom is 0.268 e. The van der Waals surface area contributed by atoms with Gasteiger partial charge in [-0.25, -0.2) is 4.39 Å². The van der Waals surface area contributed by atoms with Gasteiger partial charge in [0, 0.05) is 37.9 Å². The van der Waals surface area contributed by atoms with Crippen molar-refractivity contribution in [3.63, 3.8) is 0 Å². The zero-order valence-electron chi connectivity index (χ0n) is 17.9. The number of hydrogen-bond donors (Lipinski definition) is 2. The number of aromatic nitrogens is 3. The lowest BCUT2D eigenvalue weighted by atomic mass is 9.80. The molecule has 0 spiro atoms. The molecule has 1 saturated heterocycles. The zero-order chi connectivity index (χ0) is 21.4. The highest BCUT2D eigenvalue weighted by Gasteiger charge is 2.37. The third-order valence-corrected chi connectivity index (χ3v) is 7.22. The van der Waals surface area contributed by atoms with E-state index in [-0.39, 0.29) is 11.9 Å². The van der Waals surface area contributed by atoms with Crippen LogP contribution in [0, 0.1) is 11.8 Å². The normalized spacial score (nSPS) is 26.8. The summed E-state index contributed by atoms with van der Waals surface area (Å²) >= 11 is 6.38. The quantitative estimate of drug-likeness (QED) is 0.755. The molecule has 2 N–H and O–H groups in total. The summed E-state index contributed by atoms with van der Waals surface area (Å²) < 4.78 is 17.5. The Morgan fingerprint density at radius 1 is 1.37 bits per heavy atom. The van der Waals surface area contributed by atoms with Crippen LogP contribution >= 0.6 is 11.6 Å². The Bertz CT molecular complexity index is 904. The molecule has 6 nitrogen and oxygen atoms in total. The molecule has 2 aromatic rings. The second kappa shape index (κ2) is 8.71. The van der Waals surface area contributed by atoms with Crippen molar-refractivity contribution in [1.29, 1.82) is 0 Å². The van der Waals surface area contributed by atoms with Gasteiger partial charge in [-0.05, 0) is 56.6 Å². The number of rotatable bonds is 5. The van der Waals surface area contributed by atoms with Gasteiger partial charge in [-0.1, -0.05) is 18.5 Å². The number of halogens is 2. The number of piperidine rings is 1. The molecule has 30 heavy (non-hydrogen) atoms. The summed E-state index contributed by atoms with van der Waals surface area (Å²) in [6.07, 6.45) is 4.89. The van der Waals surface area contributed by atoms with Crippen LogP contribution in [0.4, 0.5) is 4.39 Å². The molecule has 8 heteroatoms. The van der Waals surface area contributed by atoms with E-state index in [1.54, 1.807) is 10.9 Å². The van der Waals surface area contributed by atoms with Crippen molar-refractivity contribution in [3.8, 4) is 11.3 Å². The van der Waals surface area contributed by atoms with Crippen LogP contribution in [0.2, 0.25) is 5.02 Å². The Balaban J connectivity index is 1.59. The highest BCUT2D eigenvalue weighted by Crippen LogP contribution is 2.38. The number of hydrogen-bond acceptors (Lipinski definition) is 3. The second-order valence-corrected chi connectivity index (χ2v) is 9.08. The third kappa shape index (κ3) is 3.89. The molecule has 0 bridgehead atoms. The van der Waals surface area contributed by atoms with Gasteiger partial charge in [0.25, 0.3) is 5.91 Å². The number of carbonyl (C=O) groups is 1. The molecule has 2 aliphatic rings. The van der Waals surface area contributed by atoms with Gasteiger partial charge in [-0.3, -0.25) is 9.48 Å². The first-order valence-electron chi connectivity index (χ1n) is 10.9. The first-order valence-corrected chi connectivity index (χ1v) is 11.3. The van der Waals surface area contributed by atoms with Crippen LogP contribution in [0.5, 0.6) is 0 Å². The molecule has 1 aliphatic heterocycles. The number of amides is 1. The van der Waals surface area contributed by atoms with Crippen LogP contribution in [-0.4, -0.2) is 45.6 Å². The molecule has 1 saturated carbocycles. The molecule has 3 unspecified atom stereocenters. The number of alkyl halides is 1. The molecule has 164 valence electrons. The molecule has 4 atom stereocenters. The molecule has 1 aliphatic carbocycles. The minimum absolute atomic E-state index is 0.0188. The van der Waals surface area contributed by atoms with E-state index in [9.17, 15) is 9.18 Å². The lowest BCUT2D eigenvalue weighted by Crippen LogP contribution is -2.53.